The van der Waals surface area contributed by atoms with E-state index in [9.17, 15) is 24.3 Å². The Labute approximate surface area is 416 Å². The number of ether oxygens (including phenoxy) is 4. The first kappa shape index (κ1) is 53.8. The first-order valence-corrected chi connectivity index (χ1v) is 28.7. The first-order chi connectivity index (χ1) is 32.4. The number of nitrogen functional groups attached to an aromatic ring is 2. The maximum absolute atomic E-state index is 13.7. The molecule has 4 aliphatic rings. The number of hydrogen-bond donors (Lipinski definition) is 4. The molecule has 26 heteroatoms. The summed E-state index contributed by atoms with van der Waals surface area (Å²) in [7, 11) is -5.81. The Kier molecular flexibility index (Phi) is 14.7. The van der Waals surface area contributed by atoms with Gasteiger partial charge in [-0.2, -0.15) is 9.97 Å². The topological polar surface area (TPSA) is 288 Å². The monoisotopic (exact) mass is 1050 g/mol. The number of anilines is 2. The summed E-state index contributed by atoms with van der Waals surface area (Å²) in [5, 5.41) is 12.6. The molecular weight excluding hydrogens is 983 g/mol. The van der Waals surface area contributed by atoms with Gasteiger partial charge >= 0.3 is 38.9 Å². The van der Waals surface area contributed by atoms with Crippen LogP contribution in [0.25, 0.3) is 20.7 Å². The van der Waals surface area contributed by atoms with Crippen molar-refractivity contribution in [3.8, 4) is 0 Å². The number of nitrogens with two attached hydrogens (primary N) is 2. The van der Waals surface area contributed by atoms with Gasteiger partial charge in [0, 0.05) is 20.2 Å². The summed E-state index contributed by atoms with van der Waals surface area (Å²) in [6.45, 7) is 31.0. The number of thiazole rings is 2. The molecule has 6 N–H and O–H groups in total. The van der Waals surface area contributed by atoms with Gasteiger partial charge in [-0.15, -0.1) is 0 Å². The van der Waals surface area contributed by atoms with Crippen molar-refractivity contribution in [1.29, 1.82) is 0 Å². The van der Waals surface area contributed by atoms with Crippen LogP contribution in [0.5, 0.6) is 0 Å². The third-order valence-corrected chi connectivity index (χ3v) is 25.0. The van der Waals surface area contributed by atoms with Crippen LogP contribution in [0.15, 0.2) is 22.0 Å². The molecule has 8 rings (SSSR count). The molecule has 0 aromatic carbocycles. The fraction of sp³-hybridized carbons (Fsp3) is 0.727. The van der Waals surface area contributed by atoms with Crippen molar-refractivity contribution in [2.24, 2.45) is 5.92 Å². The van der Waals surface area contributed by atoms with E-state index in [0.29, 0.717) is 21.7 Å². The Balaban J connectivity index is 0.000000218. The number of aromatic nitrogens is 6. The highest BCUT2D eigenvalue weighted by atomic mass is 32.1. The van der Waals surface area contributed by atoms with Gasteiger partial charge < -0.3 is 58.5 Å². The summed E-state index contributed by atoms with van der Waals surface area (Å²) >= 11 is 1.92. The van der Waals surface area contributed by atoms with E-state index in [1.165, 1.54) is 21.5 Å². The number of fused-ring (bicyclic) bond motifs is 4. The van der Waals surface area contributed by atoms with Gasteiger partial charge in [0.25, 0.3) is 0 Å². The molecule has 70 heavy (non-hydrogen) atoms. The number of nitrogens with zero attached hydrogens (tertiary/aromatic N) is 6. The fourth-order valence-electron chi connectivity index (χ4n) is 10.4. The number of nitrogens with one attached hydrogen (secondary N) is 1. The molecule has 0 spiro atoms. The van der Waals surface area contributed by atoms with Gasteiger partial charge in [-0.05, 0) is 12.8 Å². The highest BCUT2D eigenvalue weighted by Crippen LogP contribution is 2.57. The van der Waals surface area contributed by atoms with E-state index in [4.69, 9.17) is 48.1 Å². The van der Waals surface area contributed by atoms with Crippen LogP contribution >= 0.6 is 22.7 Å². The van der Waals surface area contributed by atoms with Crippen LogP contribution in [-0.4, -0.2) is 126 Å². The lowest BCUT2D eigenvalue weighted by Gasteiger charge is -2.53. The van der Waals surface area contributed by atoms with Gasteiger partial charge in [0.15, 0.2) is 29.9 Å². The average Bonchev–Trinajstić information content (AvgIpc) is 3.96. The van der Waals surface area contributed by atoms with E-state index in [2.05, 4.69) is 108 Å². The molecule has 9 atom stereocenters. The molecule has 0 radical (unpaired) electrons. The van der Waals surface area contributed by atoms with E-state index < -0.39 is 84.3 Å². The van der Waals surface area contributed by atoms with E-state index in [-0.39, 0.29) is 66.6 Å². The van der Waals surface area contributed by atoms with Crippen LogP contribution in [0.3, 0.4) is 0 Å². The predicted octanol–water partition coefficient (Wildman–Crippen LogP) is 5.62. The summed E-state index contributed by atoms with van der Waals surface area (Å²) in [4.78, 5) is 67.6. The van der Waals surface area contributed by atoms with Gasteiger partial charge in [-0.25, -0.2) is 19.6 Å². The highest BCUT2D eigenvalue weighted by molar-refractivity contribution is 7.16. The lowest BCUT2D eigenvalue weighted by molar-refractivity contribution is -0.162. The Hall–Kier alpha value is -3.97. The fourth-order valence-corrected chi connectivity index (χ4v) is 21.9. The van der Waals surface area contributed by atoms with Gasteiger partial charge in [0.1, 0.15) is 36.6 Å². The molecular formula is C44H69N9O13S2Si2. The molecule has 22 nitrogen and oxygen atoms in total. The Morgan fingerprint density at radius 2 is 1.20 bits per heavy atom. The predicted molar refractivity (Wildman–Crippen MR) is 267 cm³/mol. The maximum Gasteiger partial charge on any atom is 0.407 e. The smallest absolute Gasteiger partial charge is 0.407 e. The molecule has 4 saturated heterocycles. The van der Waals surface area contributed by atoms with Crippen LogP contribution < -0.4 is 26.5 Å². The number of hydrogen-bond acceptors (Lipinski definition) is 21. The third-order valence-electron chi connectivity index (χ3n) is 13.0. The Bertz CT molecular complexity index is 2680. The lowest BCUT2D eigenvalue weighted by atomic mass is 10.0. The van der Waals surface area contributed by atoms with Crippen molar-refractivity contribution >= 4 is 84.4 Å². The van der Waals surface area contributed by atoms with Crippen molar-refractivity contribution in [2.75, 3.05) is 31.3 Å². The summed E-state index contributed by atoms with van der Waals surface area (Å²) in [6.07, 6.45) is -4.32. The second-order valence-electron chi connectivity index (χ2n) is 22.4. The van der Waals surface area contributed by atoms with Gasteiger partial charge in [-0.3, -0.25) is 18.7 Å². The molecule has 4 fully saturated rings. The summed E-state index contributed by atoms with van der Waals surface area (Å²) in [5.74, 6) is -0.991. The number of carbonyl (C=O) groups is 2. The number of aliphatic hydroxyl groups excluding tert-OH is 1. The molecule has 4 aliphatic heterocycles. The first-order valence-electron chi connectivity index (χ1n) is 23.4. The number of esters is 1. The molecule has 0 bridgehead atoms. The molecule has 0 unspecified atom stereocenters. The zero-order valence-corrected chi connectivity index (χ0v) is 46.2. The minimum atomic E-state index is -3.03. The largest absolute Gasteiger partial charge is 0.453 e. The minimum absolute atomic E-state index is 0.0158. The zero-order chi connectivity index (χ0) is 51.8. The van der Waals surface area contributed by atoms with Crippen molar-refractivity contribution in [2.45, 2.75) is 179 Å². The summed E-state index contributed by atoms with van der Waals surface area (Å²) in [5.41, 5.74) is 12.2. The molecule has 8 heterocycles. The van der Waals surface area contributed by atoms with E-state index >= 15 is 0 Å². The molecule has 0 saturated carbocycles. The van der Waals surface area contributed by atoms with E-state index in [1.807, 2.05) is 0 Å². The third kappa shape index (κ3) is 9.57. The van der Waals surface area contributed by atoms with Gasteiger partial charge in [0.05, 0.1) is 41.6 Å². The van der Waals surface area contributed by atoms with Crippen LogP contribution in [-0.2, 0) is 41.4 Å². The second-order valence-corrected chi connectivity index (χ2v) is 33.9. The molecule has 4 aromatic heterocycles. The lowest BCUT2D eigenvalue weighted by Crippen LogP contribution is -2.65. The number of aliphatic hydroxyl groups is 1. The Morgan fingerprint density at radius 1 is 0.771 bits per heavy atom. The number of amides is 1. The normalized spacial score (nSPS) is 27.1. The SMILES string of the molecule is CC(C)(C)[Si]1(C(C)(C)C)OC[C@H]2O[C@@H](n3c(=O)sc4cnc(N)nc43)[C@H](O)[C@H]2O1.CCOC(=O)N[C@H](C(=O)O[C@@H]1[C@H]2O[Si](C(C)(C)C)(C(C)(C)C)OC[C@H]2O[C@H]1n1c(=O)sc2cnc(N)nc21)C(C)C. The minimum Gasteiger partial charge on any atom is -0.453 e. The van der Waals surface area contributed by atoms with Gasteiger partial charge in [0.2, 0.25) is 11.9 Å². The number of alkyl carbamates (subject to hydrolysis) is 1. The highest BCUT2D eigenvalue weighted by Gasteiger charge is 2.67. The van der Waals surface area contributed by atoms with Crippen molar-refractivity contribution in [3.63, 3.8) is 0 Å². The standard InChI is InChI=1S/C26H41N5O8SSi.C18H28N4O5SSi/c1-10-35-23(33)29-16(13(2)3)21(32)38-18-17-14(12-36-41(39-17,25(4,5)6)26(7,8)9)37-20(18)31-19-15(40-24(31)34)11-28-22(27)30-19;1-17(2,3)29(18(4,5)6)25-8-9-12(27-29)11(23)14(26-9)22-13-10(28-16(22)24)7-20-15(19)21-13/h11,13-14,16-18,20H,10,12H2,1-9H3,(H,29,33)(H2,27,28,30);7,9,11-12,14,23H,8H2,1-6H3,(H2,19,20,21)/t14-,16+,17+,18-,20-;9-,11-,12+,14-/m11/s1. The molecule has 388 valence electrons. The molecule has 1 amide bonds. The quantitative estimate of drug-likeness (QED) is 0.129. The van der Waals surface area contributed by atoms with Crippen LogP contribution in [0.2, 0.25) is 20.2 Å². The van der Waals surface area contributed by atoms with Crippen molar-refractivity contribution < 1.29 is 51.3 Å². The van der Waals surface area contributed by atoms with Crippen molar-refractivity contribution in [3.05, 3.63) is 31.7 Å². The maximum atomic E-state index is 13.7. The van der Waals surface area contributed by atoms with Crippen molar-refractivity contribution in [1.82, 2.24) is 34.4 Å². The Morgan fingerprint density at radius 3 is 1.64 bits per heavy atom. The van der Waals surface area contributed by atoms with Gasteiger partial charge in [-0.1, -0.05) is 120 Å². The van der Waals surface area contributed by atoms with E-state index in [0.717, 1.165) is 22.7 Å². The van der Waals surface area contributed by atoms with E-state index in [1.54, 1.807) is 20.8 Å². The van der Waals surface area contributed by atoms with Crippen LogP contribution in [0, 0.1) is 5.92 Å². The summed E-state index contributed by atoms with van der Waals surface area (Å²) in [6, 6.07) is -1.02. The second kappa shape index (κ2) is 19.1. The van der Waals surface area contributed by atoms with Crippen LogP contribution in [0.1, 0.15) is 116 Å². The zero-order valence-electron chi connectivity index (χ0n) is 42.6. The summed E-state index contributed by atoms with van der Waals surface area (Å²) < 4.78 is 53.9. The van der Waals surface area contributed by atoms with Crippen LogP contribution in [0.4, 0.5) is 16.7 Å². The number of rotatable bonds is 7. The molecule has 4 aromatic rings. The number of carbonyl (C=O) groups excluding carboxylic acids is 2. The average molecular weight is 1050 g/mol. The molecule has 0 aliphatic carbocycles.